The van der Waals surface area contributed by atoms with E-state index >= 15 is 0 Å². The predicted molar refractivity (Wildman–Crippen MR) is 179 cm³/mol. The van der Waals surface area contributed by atoms with Crippen LogP contribution in [0.2, 0.25) is 19.6 Å². The molecule has 0 aliphatic heterocycles. The van der Waals surface area contributed by atoms with E-state index in [4.69, 9.17) is 0 Å². The molecule has 0 spiro atoms. The van der Waals surface area contributed by atoms with E-state index in [1.165, 1.54) is 31.3 Å². The van der Waals surface area contributed by atoms with Crippen molar-refractivity contribution in [2.75, 3.05) is 0 Å². The minimum atomic E-state index is -1.34. The molecule has 2 nitrogen and oxygen atoms in total. The summed E-state index contributed by atoms with van der Waals surface area (Å²) in [6, 6.07) is 39.6. The van der Waals surface area contributed by atoms with Gasteiger partial charge in [-0.2, -0.15) is 0 Å². The molecule has 1 radical (unpaired) electrons. The van der Waals surface area contributed by atoms with Gasteiger partial charge in [0.1, 0.15) is 0 Å². The second-order valence-electron chi connectivity index (χ2n) is 11.7. The van der Waals surface area contributed by atoms with Crippen molar-refractivity contribution in [1.82, 2.24) is 9.97 Å². The number of aromatic nitrogens is 2. The Balaban J connectivity index is 0.000000189. The average Bonchev–Trinajstić information content (AvgIpc) is 3.42. The van der Waals surface area contributed by atoms with E-state index in [1.54, 1.807) is 11.3 Å². The van der Waals surface area contributed by atoms with Crippen LogP contribution in [0.3, 0.4) is 0 Å². The summed E-state index contributed by atoms with van der Waals surface area (Å²) in [6.45, 7) is 11.7. The molecule has 0 bridgehead atoms. The molecule has 42 heavy (non-hydrogen) atoms. The van der Waals surface area contributed by atoms with Gasteiger partial charge in [-0.3, -0.25) is 0 Å². The summed E-state index contributed by atoms with van der Waals surface area (Å²) in [7, 11) is -1.34. The molecule has 3 aromatic carbocycles. The minimum Gasteiger partial charge on any atom is -0.305 e. The van der Waals surface area contributed by atoms with Crippen molar-refractivity contribution in [2.24, 2.45) is 5.92 Å². The van der Waals surface area contributed by atoms with Gasteiger partial charge in [0, 0.05) is 37.4 Å². The van der Waals surface area contributed by atoms with Gasteiger partial charge in [-0.25, -0.2) is 0 Å². The van der Waals surface area contributed by atoms with E-state index in [1.807, 2.05) is 54.7 Å². The number of hydrogen-bond donors (Lipinski definition) is 0. The van der Waals surface area contributed by atoms with Gasteiger partial charge >= 0.3 is 0 Å². The third-order valence-electron chi connectivity index (χ3n) is 6.86. The second-order valence-corrected chi connectivity index (χ2v) is 17.8. The predicted octanol–water partition coefficient (Wildman–Crippen LogP) is 9.72. The fraction of sp³-hybridized carbons (Fsp3) is 0.189. The molecule has 215 valence electrons. The van der Waals surface area contributed by atoms with Gasteiger partial charge in [-0.15, -0.1) is 83.1 Å². The molecule has 0 aliphatic rings. The van der Waals surface area contributed by atoms with E-state index in [9.17, 15) is 0 Å². The van der Waals surface area contributed by atoms with Gasteiger partial charge in [0.05, 0.1) is 12.8 Å². The van der Waals surface area contributed by atoms with E-state index in [0.29, 0.717) is 5.92 Å². The van der Waals surface area contributed by atoms with Crippen molar-refractivity contribution >= 4 is 34.7 Å². The van der Waals surface area contributed by atoms with Crippen molar-refractivity contribution in [3.8, 4) is 33.0 Å². The van der Waals surface area contributed by atoms with Crippen LogP contribution < -0.4 is 5.19 Å². The number of nitrogens with zero attached hydrogens (tertiary/aromatic N) is 2. The molecule has 5 heteroatoms. The summed E-state index contributed by atoms with van der Waals surface area (Å²) in [4.78, 5) is 10.5. The first-order chi connectivity index (χ1) is 19.8. The summed E-state index contributed by atoms with van der Waals surface area (Å²) in [5.74, 6) is 0.667. The van der Waals surface area contributed by atoms with Crippen molar-refractivity contribution in [3.05, 3.63) is 127 Å². The van der Waals surface area contributed by atoms with Crippen LogP contribution >= 0.6 is 11.3 Å². The Morgan fingerprint density at radius 2 is 1.33 bits per heavy atom. The van der Waals surface area contributed by atoms with Crippen molar-refractivity contribution in [2.45, 2.75) is 39.9 Å². The topological polar surface area (TPSA) is 25.8 Å². The Hall–Kier alpha value is -3.21. The number of thiophene rings is 1. The van der Waals surface area contributed by atoms with Gasteiger partial charge in [0.25, 0.3) is 0 Å². The van der Waals surface area contributed by atoms with Gasteiger partial charge in [-0.1, -0.05) is 81.5 Å². The number of hydrogen-bond acceptors (Lipinski definition) is 3. The Bertz CT molecular complexity index is 1670. The van der Waals surface area contributed by atoms with Crippen LogP contribution in [0.25, 0.3) is 43.0 Å². The Kier molecular flexibility index (Phi) is 10.8. The maximum atomic E-state index is 4.69. The van der Waals surface area contributed by atoms with Gasteiger partial charge < -0.3 is 9.97 Å². The van der Waals surface area contributed by atoms with E-state index < -0.39 is 8.07 Å². The molecule has 6 rings (SSSR count). The molecule has 0 unspecified atom stereocenters. The normalized spacial score (nSPS) is 11.1. The van der Waals surface area contributed by atoms with Crippen LogP contribution in [-0.2, 0) is 26.5 Å². The maximum Gasteiger partial charge on any atom is 0.0798 e. The number of pyridine rings is 2. The average molecular weight is 761 g/mol. The number of fused-ring (bicyclic) bond motifs is 1. The van der Waals surface area contributed by atoms with Crippen molar-refractivity contribution < 1.29 is 20.1 Å². The molecule has 0 amide bonds. The van der Waals surface area contributed by atoms with Gasteiger partial charge in [-0.05, 0) is 45.9 Å². The van der Waals surface area contributed by atoms with Crippen LogP contribution in [-0.4, -0.2) is 18.0 Å². The monoisotopic (exact) mass is 761 g/mol. The first kappa shape index (κ1) is 31.7. The Morgan fingerprint density at radius 3 is 1.90 bits per heavy atom. The van der Waals surface area contributed by atoms with Crippen LogP contribution in [0, 0.1) is 18.1 Å². The van der Waals surface area contributed by atoms with E-state index in [2.05, 4.69) is 110 Å². The minimum absolute atomic E-state index is 0. The molecule has 0 N–H and O–H groups in total. The largest absolute Gasteiger partial charge is 0.305 e. The van der Waals surface area contributed by atoms with Crippen molar-refractivity contribution in [3.63, 3.8) is 0 Å². The van der Waals surface area contributed by atoms with E-state index in [0.717, 1.165) is 28.9 Å². The Labute approximate surface area is 269 Å². The fourth-order valence-electron chi connectivity index (χ4n) is 4.87. The molecule has 0 saturated heterocycles. The van der Waals surface area contributed by atoms with Crippen LogP contribution in [0.4, 0.5) is 0 Å². The molecule has 3 heterocycles. The zero-order chi connectivity index (χ0) is 28.8. The molecular weight excluding hydrogens is 725 g/mol. The fourth-order valence-corrected chi connectivity index (χ4v) is 7.48. The van der Waals surface area contributed by atoms with Crippen molar-refractivity contribution in [1.29, 1.82) is 0 Å². The second kappa shape index (κ2) is 14.3. The molecule has 0 fully saturated rings. The summed E-state index contributed by atoms with van der Waals surface area (Å²) in [5.41, 5.74) is 6.86. The third kappa shape index (κ3) is 7.99. The zero-order valence-corrected chi connectivity index (χ0v) is 29.0. The summed E-state index contributed by atoms with van der Waals surface area (Å²) in [5, 5.41) is 2.73. The van der Waals surface area contributed by atoms with Crippen LogP contribution in [0.5, 0.6) is 0 Å². The molecule has 0 saturated carbocycles. The molecule has 0 atom stereocenters. The zero-order valence-electron chi connectivity index (χ0n) is 24.8. The third-order valence-corrected chi connectivity index (χ3v) is 10.1. The van der Waals surface area contributed by atoms with Gasteiger partial charge in [0.15, 0.2) is 0 Å². The molecule has 6 aromatic rings. The summed E-state index contributed by atoms with van der Waals surface area (Å²) in [6.07, 6.45) is 5.20. The first-order valence-electron chi connectivity index (χ1n) is 14.2. The van der Waals surface area contributed by atoms with Crippen LogP contribution in [0.15, 0.2) is 109 Å². The molecular formula is C37H36IrN2SSi-2. The van der Waals surface area contributed by atoms with Crippen LogP contribution in [0.1, 0.15) is 19.4 Å². The first-order valence-corrected chi connectivity index (χ1v) is 18.5. The SMILES string of the molecule is CC(C)Cc1cc(-c2[c-]cccc2)ncc1[Si](C)(C)C.[Ir].[c-]1ccccc1-c1cc2cc(-c3ccccc3)sc2cn1. The smallest absolute Gasteiger partial charge is 0.0798 e. The van der Waals surface area contributed by atoms with Gasteiger partial charge in [0.2, 0.25) is 0 Å². The maximum absolute atomic E-state index is 4.69. The summed E-state index contributed by atoms with van der Waals surface area (Å²) < 4.78 is 1.22. The standard InChI is InChI=1S/C19H12NS.C18H24NSi.Ir/c1-3-7-14(8-4-1)17-11-16-12-18(21-19(16)13-20-17)15-9-5-2-6-10-15;1-14(2)11-16-12-17(15-9-7-6-8-10-15)19-13-18(16)20(3,4)5;/h1-7,9-13H;6-9,12-14H,11H2,1-5H3;/q2*-1;. The molecule has 3 aromatic heterocycles. The Morgan fingerprint density at radius 1 is 0.738 bits per heavy atom. The number of rotatable bonds is 6. The van der Waals surface area contributed by atoms with E-state index in [-0.39, 0.29) is 20.1 Å². The molecule has 0 aliphatic carbocycles. The number of benzene rings is 3. The summed E-state index contributed by atoms with van der Waals surface area (Å²) >= 11 is 1.78. The quantitative estimate of drug-likeness (QED) is 0.125.